The number of nitrogens with one attached hydrogen (secondary N) is 1. The molecular weight excluding hydrogens is 699 g/mol. The van der Waals surface area contributed by atoms with Gasteiger partial charge in [0, 0.05) is 6.42 Å². The third kappa shape index (κ3) is 44.3. The fourth-order valence-electron chi connectivity index (χ4n) is 6.65. The summed E-state index contributed by atoms with van der Waals surface area (Å²) in [6.07, 6.45) is 71.0. The van der Waals surface area contributed by atoms with Gasteiger partial charge in [0.05, 0.1) is 18.8 Å². The van der Waals surface area contributed by atoms with Crippen molar-refractivity contribution in [1.29, 1.82) is 0 Å². The Morgan fingerprint density at radius 3 is 1.23 bits per heavy atom. The van der Waals surface area contributed by atoms with Gasteiger partial charge in [0.2, 0.25) is 5.91 Å². The summed E-state index contributed by atoms with van der Waals surface area (Å²) in [7, 11) is 0. The molecule has 4 heteroatoms. The highest BCUT2D eigenvalue weighted by Crippen LogP contribution is 2.13. The Labute approximate surface area is 353 Å². The number of carbonyl (C=O) groups excluding carboxylic acids is 1. The lowest BCUT2D eigenvalue weighted by molar-refractivity contribution is -0.123. The third-order valence-corrected chi connectivity index (χ3v) is 10.3. The van der Waals surface area contributed by atoms with Crippen molar-refractivity contribution >= 4 is 5.91 Å². The molecule has 2 unspecified atom stereocenters. The molecule has 57 heavy (non-hydrogen) atoms. The lowest BCUT2D eigenvalue weighted by Crippen LogP contribution is -2.45. The molecule has 0 saturated heterocycles. The van der Waals surface area contributed by atoms with E-state index in [2.05, 4.69) is 104 Å². The summed E-state index contributed by atoms with van der Waals surface area (Å²) in [5.74, 6) is -0.0929. The first-order valence-corrected chi connectivity index (χ1v) is 24.0. The summed E-state index contributed by atoms with van der Waals surface area (Å²) < 4.78 is 0. The Bertz CT molecular complexity index is 1080. The Morgan fingerprint density at radius 1 is 0.439 bits per heavy atom. The number of aliphatic hydroxyl groups is 2. The maximum atomic E-state index is 12.4. The van der Waals surface area contributed by atoms with E-state index in [1.54, 1.807) is 6.08 Å². The summed E-state index contributed by atoms with van der Waals surface area (Å²) in [6, 6.07) is -0.658. The van der Waals surface area contributed by atoms with Crippen LogP contribution in [0.3, 0.4) is 0 Å². The topological polar surface area (TPSA) is 69.6 Å². The molecule has 0 saturated carbocycles. The smallest absolute Gasteiger partial charge is 0.220 e. The molecule has 0 spiro atoms. The standard InChI is InChI=1S/C53H91NO3/c1-3-5-7-9-11-13-15-17-19-21-23-25-27-29-31-33-35-37-39-41-43-45-47-49-53(57)54-51(50-55)52(56)48-46-44-42-40-38-36-34-32-30-28-26-24-22-20-18-16-14-12-10-8-6-4-2/h5,7,11,13,17,19,23,25,29-32,38,40,46,48,51-52,55-56H,3-4,6,8-10,12,14-16,18,20-22,24,26-28,33-37,39,41-45,47,49-50H2,1-2H3,(H,54,57)/b7-5-,13-11-,19-17-,25-23-,31-29-,32-30+,40-38+,48-46+. The van der Waals surface area contributed by atoms with Crippen molar-refractivity contribution in [2.24, 2.45) is 0 Å². The summed E-state index contributed by atoms with van der Waals surface area (Å²) >= 11 is 0. The highest BCUT2D eigenvalue weighted by Gasteiger charge is 2.17. The first-order valence-electron chi connectivity index (χ1n) is 24.0. The highest BCUT2D eigenvalue weighted by molar-refractivity contribution is 5.76. The van der Waals surface area contributed by atoms with Crippen molar-refractivity contribution in [2.75, 3.05) is 6.61 Å². The Morgan fingerprint density at radius 2 is 0.789 bits per heavy atom. The minimum Gasteiger partial charge on any atom is -0.394 e. The van der Waals surface area contributed by atoms with Gasteiger partial charge >= 0.3 is 0 Å². The molecule has 0 aromatic rings. The van der Waals surface area contributed by atoms with Gasteiger partial charge in [0.25, 0.3) is 0 Å². The van der Waals surface area contributed by atoms with E-state index in [1.165, 1.54) is 109 Å². The Hall–Kier alpha value is -2.69. The predicted molar refractivity (Wildman–Crippen MR) is 253 cm³/mol. The van der Waals surface area contributed by atoms with Crippen LogP contribution < -0.4 is 5.32 Å². The average molecular weight is 790 g/mol. The van der Waals surface area contributed by atoms with Crippen LogP contribution in [0, 0.1) is 0 Å². The molecule has 0 aromatic heterocycles. The van der Waals surface area contributed by atoms with Gasteiger partial charge in [-0.2, -0.15) is 0 Å². The molecule has 0 aliphatic carbocycles. The van der Waals surface area contributed by atoms with Crippen molar-refractivity contribution in [3.63, 3.8) is 0 Å². The fourth-order valence-corrected chi connectivity index (χ4v) is 6.65. The van der Waals surface area contributed by atoms with Crippen LogP contribution >= 0.6 is 0 Å². The molecule has 2 atom stereocenters. The molecule has 326 valence electrons. The number of carbonyl (C=O) groups is 1. The molecule has 0 radical (unpaired) electrons. The maximum Gasteiger partial charge on any atom is 0.220 e. The Balaban J connectivity index is 3.69. The number of aliphatic hydroxyl groups excluding tert-OH is 2. The molecule has 0 aliphatic rings. The van der Waals surface area contributed by atoms with Crippen LogP contribution in [0.5, 0.6) is 0 Å². The number of amides is 1. The van der Waals surface area contributed by atoms with E-state index in [0.29, 0.717) is 6.42 Å². The zero-order valence-corrected chi connectivity index (χ0v) is 37.3. The molecule has 0 fully saturated rings. The number of allylic oxidation sites excluding steroid dienone is 15. The SMILES string of the molecule is CC/C=C\C/C=C\C/C=C\C/C=C\C/C=C\CCCCCCCCCC(=O)NC(CO)C(O)/C=C/CC/C=C/CC/C=C/CCCCCCCCCCCCCC. The minimum absolute atomic E-state index is 0.0929. The van der Waals surface area contributed by atoms with E-state index in [0.717, 1.165) is 83.5 Å². The van der Waals surface area contributed by atoms with E-state index in [9.17, 15) is 15.0 Å². The number of rotatable bonds is 42. The van der Waals surface area contributed by atoms with E-state index in [4.69, 9.17) is 0 Å². The molecular formula is C53H91NO3. The molecule has 1 amide bonds. The molecule has 0 heterocycles. The predicted octanol–water partition coefficient (Wildman–Crippen LogP) is 15.4. The van der Waals surface area contributed by atoms with Crippen molar-refractivity contribution in [1.82, 2.24) is 5.32 Å². The number of hydrogen-bond acceptors (Lipinski definition) is 3. The lowest BCUT2D eigenvalue weighted by atomic mass is 10.0. The Kier molecular flexibility index (Phi) is 45.4. The molecule has 0 rings (SSSR count). The second kappa shape index (κ2) is 47.7. The zero-order chi connectivity index (χ0) is 41.4. The van der Waals surface area contributed by atoms with Gasteiger partial charge in [-0.25, -0.2) is 0 Å². The van der Waals surface area contributed by atoms with Gasteiger partial charge < -0.3 is 15.5 Å². The monoisotopic (exact) mass is 790 g/mol. The first-order chi connectivity index (χ1) is 28.2. The minimum atomic E-state index is -0.882. The van der Waals surface area contributed by atoms with Gasteiger partial charge in [-0.05, 0) is 89.9 Å². The van der Waals surface area contributed by atoms with Crippen molar-refractivity contribution in [2.45, 2.75) is 225 Å². The van der Waals surface area contributed by atoms with Crippen LogP contribution in [0.1, 0.15) is 213 Å². The van der Waals surface area contributed by atoms with Crippen LogP contribution in [0.4, 0.5) is 0 Å². The normalized spacial score (nSPS) is 13.8. The van der Waals surface area contributed by atoms with Crippen molar-refractivity contribution < 1.29 is 15.0 Å². The second-order valence-corrected chi connectivity index (χ2v) is 15.8. The second-order valence-electron chi connectivity index (χ2n) is 15.8. The van der Waals surface area contributed by atoms with Crippen LogP contribution in [0.2, 0.25) is 0 Å². The maximum absolute atomic E-state index is 12.4. The highest BCUT2D eigenvalue weighted by atomic mass is 16.3. The molecule has 4 nitrogen and oxygen atoms in total. The average Bonchev–Trinajstić information content (AvgIpc) is 3.22. The lowest BCUT2D eigenvalue weighted by Gasteiger charge is -2.19. The quantitative estimate of drug-likeness (QED) is 0.0426. The van der Waals surface area contributed by atoms with Gasteiger partial charge in [0.1, 0.15) is 0 Å². The third-order valence-electron chi connectivity index (χ3n) is 10.3. The van der Waals surface area contributed by atoms with Crippen LogP contribution in [0.15, 0.2) is 97.2 Å². The van der Waals surface area contributed by atoms with E-state index < -0.39 is 12.1 Å². The van der Waals surface area contributed by atoms with E-state index >= 15 is 0 Å². The molecule has 0 aliphatic heterocycles. The first kappa shape index (κ1) is 54.3. The largest absolute Gasteiger partial charge is 0.394 e. The summed E-state index contributed by atoms with van der Waals surface area (Å²) in [4.78, 5) is 12.4. The summed E-state index contributed by atoms with van der Waals surface area (Å²) in [6.45, 7) is 4.17. The number of hydrogen-bond donors (Lipinski definition) is 3. The molecule has 3 N–H and O–H groups in total. The zero-order valence-electron chi connectivity index (χ0n) is 37.3. The van der Waals surface area contributed by atoms with E-state index in [1.807, 2.05) is 6.08 Å². The van der Waals surface area contributed by atoms with Crippen molar-refractivity contribution in [3.8, 4) is 0 Å². The summed E-state index contributed by atoms with van der Waals surface area (Å²) in [5.41, 5.74) is 0. The van der Waals surface area contributed by atoms with Gasteiger partial charge in [-0.3, -0.25) is 4.79 Å². The fraction of sp³-hybridized carbons (Fsp3) is 0.679. The number of unbranched alkanes of at least 4 members (excludes halogenated alkanes) is 21. The van der Waals surface area contributed by atoms with Gasteiger partial charge in [-0.15, -0.1) is 0 Å². The molecule has 0 bridgehead atoms. The van der Waals surface area contributed by atoms with Crippen LogP contribution in [0.25, 0.3) is 0 Å². The van der Waals surface area contributed by atoms with Crippen LogP contribution in [-0.2, 0) is 4.79 Å². The molecule has 0 aromatic carbocycles. The van der Waals surface area contributed by atoms with Crippen LogP contribution in [-0.4, -0.2) is 34.9 Å². The van der Waals surface area contributed by atoms with Gasteiger partial charge in [-0.1, -0.05) is 214 Å². The van der Waals surface area contributed by atoms with Gasteiger partial charge in [0.15, 0.2) is 0 Å². The summed E-state index contributed by atoms with van der Waals surface area (Å²) in [5, 5.41) is 23.0. The van der Waals surface area contributed by atoms with Crippen molar-refractivity contribution in [3.05, 3.63) is 97.2 Å². The van der Waals surface area contributed by atoms with E-state index in [-0.39, 0.29) is 12.5 Å².